The van der Waals surface area contributed by atoms with Crippen LogP contribution < -0.4 is 4.90 Å². The van der Waals surface area contributed by atoms with Gasteiger partial charge < -0.3 is 10.0 Å². The Labute approximate surface area is 172 Å². The molecule has 0 spiro atoms. The smallest absolute Gasteiger partial charge is 0.419 e. The fourth-order valence-corrected chi connectivity index (χ4v) is 5.38. The number of pyridine rings is 1. The molecule has 3 rings (SSSR count). The molecule has 31 heavy (non-hydrogen) atoms. The maximum absolute atomic E-state index is 13.4. The average Bonchev–Trinajstić information content (AvgIpc) is 3.13. The Morgan fingerprint density at radius 2 is 1.58 bits per heavy atom. The lowest BCUT2D eigenvalue weighted by molar-refractivity contribution is -0.140. The molecular formula is C18H14F6N2O4S. The van der Waals surface area contributed by atoms with E-state index in [1.807, 2.05) is 0 Å². The molecule has 2 heterocycles. The van der Waals surface area contributed by atoms with Gasteiger partial charge in [-0.05, 0) is 30.7 Å². The predicted molar refractivity (Wildman–Crippen MR) is 95.0 cm³/mol. The van der Waals surface area contributed by atoms with Crippen LogP contribution in [0, 0.1) is 0 Å². The third-order valence-electron chi connectivity index (χ3n) is 4.85. The van der Waals surface area contributed by atoms with Crippen molar-refractivity contribution in [2.45, 2.75) is 35.0 Å². The molecule has 1 fully saturated rings. The van der Waals surface area contributed by atoms with Gasteiger partial charge in [-0.2, -0.15) is 26.3 Å². The van der Waals surface area contributed by atoms with Gasteiger partial charge in [0.05, 0.1) is 21.3 Å². The van der Waals surface area contributed by atoms with Crippen molar-refractivity contribution >= 4 is 21.6 Å². The molecule has 0 unspecified atom stereocenters. The molecule has 13 heteroatoms. The number of anilines is 1. The van der Waals surface area contributed by atoms with E-state index in [2.05, 4.69) is 4.98 Å². The van der Waals surface area contributed by atoms with Crippen LogP contribution in [0.5, 0.6) is 0 Å². The summed E-state index contributed by atoms with van der Waals surface area (Å²) >= 11 is 0. The number of alkyl halides is 6. The third-order valence-corrected chi connectivity index (χ3v) is 7.04. The van der Waals surface area contributed by atoms with Gasteiger partial charge >= 0.3 is 18.3 Å². The quantitative estimate of drug-likeness (QED) is 0.690. The number of halogens is 6. The normalized spacial score (nSPS) is 20.1. The molecule has 6 nitrogen and oxygen atoms in total. The van der Waals surface area contributed by atoms with Crippen LogP contribution >= 0.6 is 0 Å². The van der Waals surface area contributed by atoms with Gasteiger partial charge in [0.15, 0.2) is 9.84 Å². The lowest BCUT2D eigenvalue weighted by Gasteiger charge is -2.25. The molecule has 168 valence electrons. The summed E-state index contributed by atoms with van der Waals surface area (Å²) in [4.78, 5) is 14.8. The standard InChI is InChI=1S/C18H14F6N2O4S/c19-17(20,21)11-4-1-2-6-14(11)31(29,30)10-8-13(16(27)28)26(9-10)15-12(18(22,23)24)5-3-7-25-15/h1-7,10,13H,8-9H2,(H,27,28)/t10-,13-/m1/s1. The van der Waals surface area contributed by atoms with Gasteiger partial charge in [0, 0.05) is 12.7 Å². The lowest BCUT2D eigenvalue weighted by Crippen LogP contribution is -2.38. The number of sulfone groups is 1. The first-order valence-electron chi connectivity index (χ1n) is 8.66. The van der Waals surface area contributed by atoms with E-state index >= 15 is 0 Å². The molecule has 0 amide bonds. The highest BCUT2D eigenvalue weighted by Crippen LogP contribution is 2.41. The van der Waals surface area contributed by atoms with Gasteiger partial charge in [-0.15, -0.1) is 0 Å². The number of hydrogen-bond donors (Lipinski definition) is 1. The predicted octanol–water partition coefficient (Wildman–Crippen LogP) is 3.63. The summed E-state index contributed by atoms with van der Waals surface area (Å²) in [5.74, 6) is -2.43. The second-order valence-electron chi connectivity index (χ2n) is 6.78. The van der Waals surface area contributed by atoms with Crippen LogP contribution in [0.15, 0.2) is 47.5 Å². The van der Waals surface area contributed by atoms with Crippen molar-refractivity contribution in [3.63, 3.8) is 0 Å². The van der Waals surface area contributed by atoms with Crippen molar-refractivity contribution in [3.05, 3.63) is 53.7 Å². The molecule has 0 saturated carbocycles. The van der Waals surface area contributed by atoms with Crippen LogP contribution in [-0.4, -0.2) is 42.3 Å². The molecule has 1 N–H and O–H groups in total. The molecule has 1 aromatic carbocycles. The Bertz CT molecular complexity index is 1100. The maximum atomic E-state index is 13.4. The number of carboxylic acids is 1. The monoisotopic (exact) mass is 468 g/mol. The van der Waals surface area contributed by atoms with Crippen LogP contribution in [0.2, 0.25) is 0 Å². The zero-order chi connectivity index (χ0) is 23.2. The van der Waals surface area contributed by atoms with Crippen LogP contribution in [-0.2, 0) is 27.0 Å². The van der Waals surface area contributed by atoms with Crippen molar-refractivity contribution in [1.29, 1.82) is 0 Å². The van der Waals surface area contributed by atoms with Crippen LogP contribution in [0.1, 0.15) is 17.5 Å². The minimum Gasteiger partial charge on any atom is -0.480 e. The van der Waals surface area contributed by atoms with Crippen molar-refractivity contribution in [2.75, 3.05) is 11.4 Å². The van der Waals surface area contributed by atoms with Crippen LogP contribution in [0.3, 0.4) is 0 Å². The number of nitrogens with zero attached hydrogens (tertiary/aromatic N) is 2. The van der Waals surface area contributed by atoms with Crippen molar-refractivity contribution in [3.8, 4) is 0 Å². The van der Waals surface area contributed by atoms with E-state index in [-0.39, 0.29) is 0 Å². The Kier molecular flexibility index (Phi) is 5.67. The molecule has 0 bridgehead atoms. The highest BCUT2D eigenvalue weighted by Gasteiger charge is 2.48. The zero-order valence-electron chi connectivity index (χ0n) is 15.4. The van der Waals surface area contributed by atoms with Crippen LogP contribution in [0.4, 0.5) is 32.2 Å². The zero-order valence-corrected chi connectivity index (χ0v) is 16.2. The average molecular weight is 468 g/mol. The van der Waals surface area contributed by atoms with Crippen molar-refractivity contribution < 1.29 is 44.7 Å². The second kappa shape index (κ2) is 7.70. The molecule has 2 aromatic rings. The molecule has 0 aliphatic carbocycles. The Balaban J connectivity index is 2.07. The molecule has 2 atom stereocenters. The SMILES string of the molecule is O=C(O)[C@H]1C[C@@H](S(=O)(=O)c2ccccc2C(F)(F)F)CN1c1ncccc1C(F)(F)F. The summed E-state index contributed by atoms with van der Waals surface area (Å²) in [6, 6.07) is 3.27. The first kappa shape index (κ1) is 22.8. The van der Waals surface area contributed by atoms with E-state index < -0.39 is 74.3 Å². The van der Waals surface area contributed by atoms with Crippen molar-refractivity contribution in [2.24, 2.45) is 0 Å². The molecule has 1 aromatic heterocycles. The van der Waals surface area contributed by atoms with Gasteiger partial charge in [0.2, 0.25) is 0 Å². The Morgan fingerprint density at radius 1 is 1.00 bits per heavy atom. The summed E-state index contributed by atoms with van der Waals surface area (Å²) in [7, 11) is -4.74. The van der Waals surface area contributed by atoms with E-state index in [4.69, 9.17) is 0 Å². The summed E-state index contributed by atoms with van der Waals surface area (Å²) < 4.78 is 106. The molecule has 1 aliphatic heterocycles. The number of aliphatic carboxylic acids is 1. The van der Waals surface area contributed by atoms with Gasteiger partial charge in [-0.3, -0.25) is 0 Å². The fourth-order valence-electron chi connectivity index (χ4n) is 3.47. The van der Waals surface area contributed by atoms with E-state index in [1.165, 1.54) is 0 Å². The van der Waals surface area contributed by atoms with Gasteiger partial charge in [-0.25, -0.2) is 18.2 Å². The second-order valence-corrected chi connectivity index (χ2v) is 8.97. The number of carboxylic acid groups (broad SMARTS) is 1. The number of rotatable bonds is 4. The number of benzene rings is 1. The molecular weight excluding hydrogens is 454 g/mol. The summed E-state index contributed by atoms with van der Waals surface area (Å²) in [6.07, 6.45) is -9.65. The van der Waals surface area contributed by atoms with E-state index in [0.29, 0.717) is 17.0 Å². The van der Waals surface area contributed by atoms with Crippen molar-refractivity contribution in [1.82, 2.24) is 4.98 Å². The van der Waals surface area contributed by atoms with E-state index in [1.54, 1.807) is 0 Å². The van der Waals surface area contributed by atoms with Gasteiger partial charge in [0.25, 0.3) is 0 Å². The number of carbonyl (C=O) groups is 1. The molecule has 0 radical (unpaired) electrons. The number of aromatic nitrogens is 1. The molecule has 1 saturated heterocycles. The fraction of sp³-hybridized carbons (Fsp3) is 0.333. The Morgan fingerprint density at radius 3 is 2.16 bits per heavy atom. The largest absolute Gasteiger partial charge is 0.480 e. The highest BCUT2D eigenvalue weighted by atomic mass is 32.2. The van der Waals surface area contributed by atoms with Crippen LogP contribution in [0.25, 0.3) is 0 Å². The summed E-state index contributed by atoms with van der Waals surface area (Å²) in [5, 5.41) is 7.76. The minimum absolute atomic E-state index is 0.564. The third kappa shape index (κ3) is 4.31. The first-order chi connectivity index (χ1) is 14.2. The van der Waals surface area contributed by atoms with E-state index in [0.717, 1.165) is 30.5 Å². The number of hydrogen-bond acceptors (Lipinski definition) is 5. The van der Waals surface area contributed by atoms with E-state index in [9.17, 15) is 44.7 Å². The first-order valence-corrected chi connectivity index (χ1v) is 10.2. The summed E-state index contributed by atoms with van der Waals surface area (Å²) in [5.41, 5.74) is -2.72. The van der Waals surface area contributed by atoms with Gasteiger partial charge in [0.1, 0.15) is 11.9 Å². The lowest BCUT2D eigenvalue weighted by atomic mass is 10.2. The Hall–Kier alpha value is -2.83. The maximum Gasteiger partial charge on any atom is 0.419 e. The van der Waals surface area contributed by atoms with Gasteiger partial charge in [-0.1, -0.05) is 12.1 Å². The minimum atomic E-state index is -5.00. The summed E-state index contributed by atoms with van der Waals surface area (Å²) in [6.45, 7) is -0.772. The topological polar surface area (TPSA) is 87.6 Å². The highest BCUT2D eigenvalue weighted by molar-refractivity contribution is 7.92. The molecule has 1 aliphatic rings.